The number of nitriles is 1. The van der Waals surface area contributed by atoms with Crippen molar-refractivity contribution in [3.05, 3.63) is 53.1 Å². The largest absolute Gasteiger partial charge is 0.497 e. The molecule has 32 heavy (non-hydrogen) atoms. The van der Waals surface area contributed by atoms with Crippen LogP contribution in [0.1, 0.15) is 30.5 Å². The van der Waals surface area contributed by atoms with Crippen molar-refractivity contribution in [3.63, 3.8) is 0 Å². The molecule has 1 saturated heterocycles. The summed E-state index contributed by atoms with van der Waals surface area (Å²) in [6, 6.07) is 11.7. The van der Waals surface area contributed by atoms with Crippen LogP contribution in [-0.4, -0.2) is 60.7 Å². The molecule has 0 aromatic heterocycles. The van der Waals surface area contributed by atoms with Crippen molar-refractivity contribution in [1.82, 2.24) is 0 Å². The molecular formula is C22H23NO9. The lowest BCUT2D eigenvalue weighted by molar-refractivity contribution is -0.584. The molecule has 1 spiro atoms. The number of methoxy groups -OCH3 is 1. The Labute approximate surface area is 183 Å². The Morgan fingerprint density at radius 1 is 0.938 bits per heavy atom. The predicted octanol–water partition coefficient (Wildman–Crippen LogP) is -0.232. The van der Waals surface area contributed by atoms with E-state index in [1.54, 1.807) is 24.3 Å². The molecule has 1 fully saturated rings. The lowest BCUT2D eigenvalue weighted by Gasteiger charge is -2.60. The predicted molar refractivity (Wildman–Crippen MR) is 106 cm³/mol. The first-order valence-electron chi connectivity index (χ1n) is 9.66. The lowest BCUT2D eigenvalue weighted by atomic mass is 9.74. The molecule has 2 aliphatic heterocycles. The fraction of sp³-hybridized carbons (Fsp3) is 0.409. The second-order valence-electron chi connectivity index (χ2n) is 8.43. The third-order valence-electron chi connectivity index (χ3n) is 6.22. The van der Waals surface area contributed by atoms with E-state index in [1.165, 1.54) is 19.2 Å². The summed E-state index contributed by atoms with van der Waals surface area (Å²) in [5.74, 6) is -13.1. The van der Waals surface area contributed by atoms with Crippen LogP contribution in [-0.2, 0) is 21.9 Å². The van der Waals surface area contributed by atoms with Gasteiger partial charge in [-0.2, -0.15) is 5.26 Å². The molecule has 0 radical (unpaired) electrons. The van der Waals surface area contributed by atoms with Gasteiger partial charge in [0.15, 0.2) is 0 Å². The van der Waals surface area contributed by atoms with Crippen LogP contribution >= 0.6 is 0 Å². The molecule has 4 rings (SSSR count). The monoisotopic (exact) mass is 445 g/mol. The zero-order chi connectivity index (χ0) is 23.7. The highest BCUT2D eigenvalue weighted by Gasteiger charge is 2.82. The van der Waals surface area contributed by atoms with E-state index >= 15 is 0 Å². The van der Waals surface area contributed by atoms with Crippen molar-refractivity contribution in [2.75, 3.05) is 7.11 Å². The first-order valence-corrected chi connectivity index (χ1v) is 9.66. The van der Waals surface area contributed by atoms with Gasteiger partial charge >= 0.3 is 0 Å². The van der Waals surface area contributed by atoms with Crippen LogP contribution in [0.2, 0.25) is 0 Å². The molecule has 0 bridgehead atoms. The maximum Gasteiger partial charge on any atom is 0.285 e. The van der Waals surface area contributed by atoms with Gasteiger partial charge in [-0.25, -0.2) is 0 Å². The number of aliphatic hydroxyl groups is 6. The summed E-state index contributed by atoms with van der Waals surface area (Å²) in [5, 5.41) is 72.9. The molecule has 2 heterocycles. The van der Waals surface area contributed by atoms with Gasteiger partial charge in [0.05, 0.1) is 25.3 Å². The summed E-state index contributed by atoms with van der Waals surface area (Å²) in [7, 11) is 1.51. The SMILES string of the molecule is COc1ccc(-c2cc3c(cc2C#N)CO[C@]32OC(C)(C)C(O)(O)C(O)(O)C2(O)O)cc1. The van der Waals surface area contributed by atoms with Gasteiger partial charge in [0.2, 0.25) is 0 Å². The van der Waals surface area contributed by atoms with Crippen LogP contribution in [0, 0.1) is 11.3 Å². The van der Waals surface area contributed by atoms with Crippen LogP contribution in [0.4, 0.5) is 0 Å². The normalized spacial score (nSPS) is 26.4. The molecule has 0 saturated carbocycles. The Kier molecular flexibility index (Phi) is 4.74. The number of ether oxygens (including phenoxy) is 3. The summed E-state index contributed by atoms with van der Waals surface area (Å²) in [4.78, 5) is 0. The van der Waals surface area contributed by atoms with E-state index in [2.05, 4.69) is 6.07 Å². The Morgan fingerprint density at radius 2 is 1.56 bits per heavy atom. The minimum atomic E-state index is -3.89. The van der Waals surface area contributed by atoms with Crippen LogP contribution < -0.4 is 4.74 Å². The smallest absolute Gasteiger partial charge is 0.285 e. The number of hydrogen-bond acceptors (Lipinski definition) is 10. The van der Waals surface area contributed by atoms with E-state index in [9.17, 15) is 35.9 Å². The van der Waals surface area contributed by atoms with Gasteiger partial charge < -0.3 is 44.8 Å². The number of rotatable bonds is 2. The zero-order valence-corrected chi connectivity index (χ0v) is 17.5. The topological polar surface area (TPSA) is 173 Å². The fourth-order valence-corrected chi connectivity index (χ4v) is 4.20. The van der Waals surface area contributed by atoms with Gasteiger partial charge in [0, 0.05) is 5.56 Å². The Balaban J connectivity index is 1.96. The second-order valence-corrected chi connectivity index (χ2v) is 8.43. The molecule has 2 aliphatic rings. The maximum absolute atomic E-state index is 10.8. The lowest BCUT2D eigenvalue weighted by Crippen LogP contribution is -2.85. The van der Waals surface area contributed by atoms with Crippen LogP contribution in [0.5, 0.6) is 5.75 Å². The molecule has 10 heteroatoms. The van der Waals surface area contributed by atoms with Crippen molar-refractivity contribution in [3.8, 4) is 22.9 Å². The molecule has 170 valence electrons. The summed E-state index contributed by atoms with van der Waals surface area (Å²) in [6.07, 6.45) is 0. The number of benzene rings is 2. The highest BCUT2D eigenvalue weighted by Crippen LogP contribution is 2.58. The average molecular weight is 445 g/mol. The number of hydrogen-bond donors (Lipinski definition) is 6. The first-order chi connectivity index (χ1) is 14.8. The Hall–Kier alpha value is -2.59. The molecule has 1 atom stereocenters. The molecule has 6 N–H and O–H groups in total. The molecular weight excluding hydrogens is 422 g/mol. The third-order valence-corrected chi connectivity index (χ3v) is 6.22. The van der Waals surface area contributed by atoms with Crippen molar-refractivity contribution in [2.24, 2.45) is 0 Å². The molecule has 2 aromatic carbocycles. The van der Waals surface area contributed by atoms with E-state index in [0.29, 0.717) is 22.4 Å². The standard InChI is InChI=1S/C22H23NO9/c1-18(2)20(24,25)22(28,29)21(26,27)19(32-18)17-9-16(12-4-6-15(30-3)7-5-12)13(10-23)8-14(17)11-31-19/h4-9,24-29H,11H2,1-3H3/t19-/m0/s1. The van der Waals surface area contributed by atoms with Crippen LogP contribution in [0.25, 0.3) is 11.1 Å². The van der Waals surface area contributed by atoms with Gasteiger partial charge in [-0.15, -0.1) is 0 Å². The fourth-order valence-electron chi connectivity index (χ4n) is 4.20. The summed E-state index contributed by atoms with van der Waals surface area (Å²) in [5.41, 5.74) is -0.612. The maximum atomic E-state index is 10.8. The Bertz CT molecular complexity index is 1120. The first kappa shape index (κ1) is 22.6. The van der Waals surface area contributed by atoms with Crippen molar-refractivity contribution in [1.29, 1.82) is 5.26 Å². The van der Waals surface area contributed by atoms with Crippen molar-refractivity contribution in [2.45, 2.75) is 49.2 Å². The summed E-state index contributed by atoms with van der Waals surface area (Å²) in [6.45, 7) is 1.98. The van der Waals surface area contributed by atoms with Gasteiger partial charge in [0.1, 0.15) is 11.4 Å². The minimum Gasteiger partial charge on any atom is -0.497 e. The third kappa shape index (κ3) is 2.62. The van der Waals surface area contributed by atoms with Gasteiger partial charge in [-0.3, -0.25) is 0 Å². The van der Waals surface area contributed by atoms with Crippen molar-refractivity contribution >= 4 is 0 Å². The van der Waals surface area contributed by atoms with E-state index < -0.39 is 28.7 Å². The van der Waals surface area contributed by atoms with Gasteiger partial charge in [-0.05, 0) is 54.8 Å². The molecule has 0 amide bonds. The zero-order valence-electron chi connectivity index (χ0n) is 17.5. The van der Waals surface area contributed by atoms with Crippen molar-refractivity contribution < 1.29 is 44.8 Å². The molecule has 0 aliphatic carbocycles. The van der Waals surface area contributed by atoms with Crippen LogP contribution in [0.15, 0.2) is 36.4 Å². The van der Waals surface area contributed by atoms with E-state index in [1.807, 2.05) is 0 Å². The molecule has 0 unspecified atom stereocenters. The molecule has 10 nitrogen and oxygen atoms in total. The summed E-state index contributed by atoms with van der Waals surface area (Å²) < 4.78 is 16.4. The van der Waals surface area contributed by atoms with E-state index in [-0.39, 0.29) is 17.7 Å². The Morgan fingerprint density at radius 3 is 2.12 bits per heavy atom. The van der Waals surface area contributed by atoms with E-state index in [0.717, 1.165) is 13.8 Å². The number of fused-ring (bicyclic) bond motifs is 2. The average Bonchev–Trinajstić information content (AvgIpc) is 3.10. The van der Waals surface area contributed by atoms with Gasteiger partial charge in [-0.1, -0.05) is 12.1 Å². The quantitative estimate of drug-likeness (QED) is 0.339. The van der Waals surface area contributed by atoms with Crippen LogP contribution in [0.3, 0.4) is 0 Å². The summed E-state index contributed by atoms with van der Waals surface area (Å²) >= 11 is 0. The van der Waals surface area contributed by atoms with E-state index in [4.69, 9.17) is 14.2 Å². The molecule has 2 aromatic rings. The second kappa shape index (κ2) is 6.71. The number of nitrogens with zero attached hydrogens (tertiary/aromatic N) is 1. The van der Waals surface area contributed by atoms with Gasteiger partial charge in [0.25, 0.3) is 23.1 Å². The highest BCUT2D eigenvalue weighted by atomic mass is 16.8. The highest BCUT2D eigenvalue weighted by molar-refractivity contribution is 5.73. The minimum absolute atomic E-state index is 0.0108.